The Morgan fingerprint density at radius 3 is 2.76 bits per heavy atom. The molecule has 1 unspecified atom stereocenters. The van der Waals surface area contributed by atoms with Gasteiger partial charge in [-0.3, -0.25) is 0 Å². The van der Waals surface area contributed by atoms with Gasteiger partial charge in [-0.05, 0) is 24.6 Å². The molecule has 1 atom stereocenters. The van der Waals surface area contributed by atoms with Gasteiger partial charge in [0.15, 0.2) is 0 Å². The second kappa shape index (κ2) is 5.49. The maximum atomic E-state index is 11.9. The highest BCUT2D eigenvalue weighted by Gasteiger charge is 2.17. The summed E-state index contributed by atoms with van der Waals surface area (Å²) >= 11 is 0. The van der Waals surface area contributed by atoms with Crippen LogP contribution in [0.4, 0.5) is 0 Å². The van der Waals surface area contributed by atoms with Crippen molar-refractivity contribution in [3.8, 4) is 18.4 Å². The zero-order valence-electron chi connectivity index (χ0n) is 9.34. The van der Waals surface area contributed by atoms with Crippen LogP contribution in [0, 0.1) is 23.7 Å². The van der Waals surface area contributed by atoms with Crippen LogP contribution in [0.25, 0.3) is 0 Å². The van der Waals surface area contributed by atoms with Crippen molar-refractivity contribution in [1.29, 1.82) is 5.26 Å². The molecule has 88 valence electrons. The average Bonchev–Trinajstić information content (AvgIpc) is 2.36. The third kappa shape index (κ3) is 3.32. The number of rotatable bonds is 4. The molecule has 1 rings (SSSR count). The van der Waals surface area contributed by atoms with Gasteiger partial charge in [0.05, 0.1) is 22.6 Å². The topological polar surface area (TPSA) is 70.0 Å². The summed E-state index contributed by atoms with van der Waals surface area (Å²) in [6.07, 6.45) is 5.70. The molecule has 0 spiro atoms. The Hall–Kier alpha value is -1.82. The van der Waals surface area contributed by atoms with Crippen LogP contribution in [0.5, 0.6) is 0 Å². The van der Waals surface area contributed by atoms with Crippen LogP contribution in [0.3, 0.4) is 0 Å². The second-order valence-electron chi connectivity index (χ2n) is 3.39. The largest absolute Gasteiger partial charge is 0.241 e. The molecule has 0 heterocycles. The van der Waals surface area contributed by atoms with Crippen LogP contribution in [-0.2, 0) is 10.0 Å². The standard InChI is InChI=1S/C12H12N2O2S/c1-3-11(4-2)14-17(15,16)12-7-5-6-10(8-12)9-13/h1,5-8,11,14H,4H2,2H3. The Morgan fingerprint density at radius 1 is 1.53 bits per heavy atom. The van der Waals surface area contributed by atoms with Gasteiger partial charge in [0.2, 0.25) is 10.0 Å². The van der Waals surface area contributed by atoms with Crippen LogP contribution in [0.1, 0.15) is 18.9 Å². The summed E-state index contributed by atoms with van der Waals surface area (Å²) in [6.45, 7) is 1.79. The molecule has 0 saturated heterocycles. The predicted molar refractivity (Wildman–Crippen MR) is 64.4 cm³/mol. The molecule has 0 aliphatic rings. The van der Waals surface area contributed by atoms with Crippen molar-refractivity contribution in [1.82, 2.24) is 4.72 Å². The molecule has 0 fully saturated rings. The van der Waals surface area contributed by atoms with Crippen LogP contribution in [0.2, 0.25) is 0 Å². The van der Waals surface area contributed by atoms with Gasteiger partial charge in [-0.2, -0.15) is 9.98 Å². The molecule has 17 heavy (non-hydrogen) atoms. The molecule has 0 aliphatic carbocycles. The van der Waals surface area contributed by atoms with Gasteiger partial charge >= 0.3 is 0 Å². The van der Waals surface area contributed by atoms with E-state index in [0.29, 0.717) is 12.0 Å². The first kappa shape index (κ1) is 13.2. The molecule has 4 nitrogen and oxygen atoms in total. The molecular formula is C12H12N2O2S. The zero-order chi connectivity index (χ0) is 12.9. The number of sulfonamides is 1. The quantitative estimate of drug-likeness (QED) is 0.815. The van der Waals surface area contributed by atoms with E-state index in [1.807, 2.05) is 6.07 Å². The first-order chi connectivity index (χ1) is 8.03. The lowest BCUT2D eigenvalue weighted by Gasteiger charge is -2.11. The minimum Gasteiger partial charge on any atom is -0.207 e. The molecule has 5 heteroatoms. The fraction of sp³-hybridized carbons (Fsp3) is 0.250. The van der Waals surface area contributed by atoms with Crippen LogP contribution in [0.15, 0.2) is 29.2 Å². The summed E-state index contributed by atoms with van der Waals surface area (Å²) in [4.78, 5) is 0.0465. The van der Waals surface area contributed by atoms with Gasteiger partial charge in [-0.1, -0.05) is 18.9 Å². The Labute approximate surface area is 101 Å². The summed E-state index contributed by atoms with van der Waals surface area (Å²) in [5.41, 5.74) is 0.293. The highest BCUT2D eigenvalue weighted by atomic mass is 32.2. The summed E-state index contributed by atoms with van der Waals surface area (Å²) in [5, 5.41) is 8.70. The predicted octanol–water partition coefficient (Wildman–Crippen LogP) is 1.25. The van der Waals surface area contributed by atoms with E-state index < -0.39 is 16.1 Å². The van der Waals surface area contributed by atoms with E-state index in [2.05, 4.69) is 10.6 Å². The van der Waals surface area contributed by atoms with E-state index >= 15 is 0 Å². The molecule has 1 aromatic rings. The van der Waals surface area contributed by atoms with Crippen molar-refractivity contribution in [3.05, 3.63) is 29.8 Å². The summed E-state index contributed by atoms with van der Waals surface area (Å²) < 4.78 is 26.2. The number of nitrogens with one attached hydrogen (secondary N) is 1. The Balaban J connectivity index is 3.06. The minimum absolute atomic E-state index is 0.0465. The van der Waals surface area contributed by atoms with Crippen LogP contribution < -0.4 is 4.72 Å². The van der Waals surface area contributed by atoms with Gasteiger partial charge in [0.25, 0.3) is 0 Å². The van der Waals surface area contributed by atoms with Gasteiger partial charge in [-0.15, -0.1) is 6.42 Å². The Morgan fingerprint density at radius 2 is 2.24 bits per heavy atom. The molecule has 0 aromatic heterocycles. The maximum absolute atomic E-state index is 11.9. The number of benzene rings is 1. The SMILES string of the molecule is C#CC(CC)NS(=O)(=O)c1cccc(C#N)c1. The van der Waals surface area contributed by atoms with E-state index in [-0.39, 0.29) is 4.90 Å². The first-order valence-electron chi connectivity index (χ1n) is 5.02. The molecule has 0 saturated carbocycles. The van der Waals surface area contributed by atoms with Crippen molar-refractivity contribution < 1.29 is 8.42 Å². The van der Waals surface area contributed by atoms with Gasteiger partial charge in [-0.25, -0.2) is 8.42 Å². The molecular weight excluding hydrogens is 236 g/mol. The van der Waals surface area contributed by atoms with Crippen molar-refractivity contribution in [3.63, 3.8) is 0 Å². The summed E-state index contributed by atoms with van der Waals surface area (Å²) in [5.74, 6) is 2.35. The fourth-order valence-corrected chi connectivity index (χ4v) is 2.51. The number of hydrogen-bond donors (Lipinski definition) is 1. The lowest BCUT2D eigenvalue weighted by molar-refractivity contribution is 0.570. The Bertz CT molecular complexity index is 579. The van der Waals surface area contributed by atoms with E-state index in [4.69, 9.17) is 11.7 Å². The average molecular weight is 248 g/mol. The molecule has 0 aliphatic heterocycles. The third-order valence-corrected chi connectivity index (χ3v) is 3.65. The molecule has 1 N–H and O–H groups in total. The van der Waals surface area contributed by atoms with Gasteiger partial charge in [0, 0.05) is 0 Å². The highest BCUT2D eigenvalue weighted by Crippen LogP contribution is 2.11. The molecule has 0 radical (unpaired) electrons. The van der Waals surface area contributed by atoms with Crippen molar-refractivity contribution in [2.24, 2.45) is 0 Å². The van der Waals surface area contributed by atoms with E-state index in [0.717, 1.165) is 0 Å². The van der Waals surface area contributed by atoms with Crippen LogP contribution >= 0.6 is 0 Å². The molecule has 0 amide bonds. The lowest BCUT2D eigenvalue weighted by Crippen LogP contribution is -2.33. The molecule has 1 aromatic carbocycles. The fourth-order valence-electron chi connectivity index (χ4n) is 1.22. The van der Waals surface area contributed by atoms with Crippen molar-refractivity contribution in [2.75, 3.05) is 0 Å². The van der Waals surface area contributed by atoms with Crippen molar-refractivity contribution in [2.45, 2.75) is 24.3 Å². The monoisotopic (exact) mass is 248 g/mol. The third-order valence-electron chi connectivity index (χ3n) is 2.18. The summed E-state index contributed by atoms with van der Waals surface area (Å²) in [6, 6.07) is 7.14. The minimum atomic E-state index is -3.66. The van der Waals surface area contributed by atoms with E-state index in [9.17, 15) is 8.42 Å². The van der Waals surface area contributed by atoms with E-state index in [1.54, 1.807) is 6.92 Å². The number of terminal acetylenes is 1. The highest BCUT2D eigenvalue weighted by molar-refractivity contribution is 7.89. The summed E-state index contributed by atoms with van der Waals surface area (Å²) in [7, 11) is -3.66. The lowest BCUT2D eigenvalue weighted by atomic mass is 10.2. The number of hydrogen-bond acceptors (Lipinski definition) is 3. The Kier molecular flexibility index (Phi) is 4.28. The number of nitrogens with zero attached hydrogens (tertiary/aromatic N) is 1. The van der Waals surface area contributed by atoms with E-state index in [1.165, 1.54) is 24.3 Å². The number of nitriles is 1. The zero-order valence-corrected chi connectivity index (χ0v) is 10.2. The van der Waals surface area contributed by atoms with Gasteiger partial charge < -0.3 is 0 Å². The van der Waals surface area contributed by atoms with Crippen molar-refractivity contribution >= 4 is 10.0 Å². The first-order valence-corrected chi connectivity index (χ1v) is 6.50. The van der Waals surface area contributed by atoms with Gasteiger partial charge in [0.1, 0.15) is 0 Å². The second-order valence-corrected chi connectivity index (χ2v) is 5.10. The molecule has 0 bridgehead atoms. The maximum Gasteiger partial charge on any atom is 0.241 e. The normalized spacial score (nSPS) is 12.4. The smallest absolute Gasteiger partial charge is 0.207 e. The van der Waals surface area contributed by atoms with Crippen LogP contribution in [-0.4, -0.2) is 14.5 Å².